The van der Waals surface area contributed by atoms with Crippen molar-refractivity contribution in [2.75, 3.05) is 26.9 Å². The third-order valence-corrected chi connectivity index (χ3v) is 5.63. The first kappa shape index (κ1) is 21.1. The third kappa shape index (κ3) is 4.35. The lowest BCUT2D eigenvalue weighted by molar-refractivity contribution is 0.0125. The molecule has 1 saturated heterocycles. The number of methoxy groups -OCH3 is 1. The molecular formula is C23H26N2O6. The summed E-state index contributed by atoms with van der Waals surface area (Å²) in [5.41, 5.74) is 1.17. The number of ether oxygens (including phenoxy) is 3. The van der Waals surface area contributed by atoms with Crippen LogP contribution >= 0.6 is 0 Å². The molecule has 2 N–H and O–H groups in total. The van der Waals surface area contributed by atoms with Crippen molar-refractivity contribution in [2.24, 2.45) is 0 Å². The second-order valence-corrected chi connectivity index (χ2v) is 7.66. The van der Waals surface area contributed by atoms with Gasteiger partial charge in [0, 0.05) is 24.8 Å². The predicted molar refractivity (Wildman–Crippen MR) is 113 cm³/mol. The Morgan fingerprint density at radius 2 is 2.10 bits per heavy atom. The van der Waals surface area contributed by atoms with Gasteiger partial charge >= 0.3 is 0 Å². The maximum Gasteiger partial charge on any atom is 0.255 e. The number of rotatable bonds is 7. The number of hydrogen-bond acceptors (Lipinski definition) is 7. The molecule has 164 valence electrons. The lowest BCUT2D eigenvalue weighted by Crippen LogP contribution is -2.54. The Labute approximate surface area is 180 Å². The van der Waals surface area contributed by atoms with E-state index in [4.69, 9.17) is 18.6 Å². The summed E-state index contributed by atoms with van der Waals surface area (Å²) >= 11 is 0. The standard InChI is InChI=1S/C23H26N2O6/c1-15-20(21(27)25-23(14-26)7-10-29-11-8-23)18-12-17(5-6-19(18)31-15)30-13-16-4-3-9-24-22(16)28-2/h3-6,9,12,26H,7-8,10-11,13-14H2,1-2H3,(H,25,27). The molecule has 1 aliphatic rings. The monoisotopic (exact) mass is 426 g/mol. The average Bonchev–Trinajstić information content (AvgIpc) is 3.13. The number of nitrogens with zero attached hydrogens (tertiary/aromatic N) is 1. The first-order valence-electron chi connectivity index (χ1n) is 10.2. The Bertz CT molecular complexity index is 1070. The number of furan rings is 1. The fourth-order valence-electron chi connectivity index (χ4n) is 3.84. The molecule has 0 radical (unpaired) electrons. The fraction of sp³-hybridized carbons (Fsp3) is 0.391. The van der Waals surface area contributed by atoms with Crippen LogP contribution in [0.3, 0.4) is 0 Å². The number of amides is 1. The van der Waals surface area contributed by atoms with Gasteiger partial charge in [0.25, 0.3) is 5.91 Å². The molecule has 8 nitrogen and oxygen atoms in total. The topological polar surface area (TPSA) is 103 Å². The summed E-state index contributed by atoms with van der Waals surface area (Å²) in [5, 5.41) is 13.6. The van der Waals surface area contributed by atoms with E-state index in [2.05, 4.69) is 10.3 Å². The highest BCUT2D eigenvalue weighted by molar-refractivity contribution is 6.07. The molecule has 1 aliphatic heterocycles. The van der Waals surface area contributed by atoms with Crippen molar-refractivity contribution in [3.05, 3.63) is 53.4 Å². The minimum Gasteiger partial charge on any atom is -0.489 e. The zero-order chi connectivity index (χ0) is 21.8. The summed E-state index contributed by atoms with van der Waals surface area (Å²) in [6.45, 7) is 2.89. The molecule has 1 fully saturated rings. The van der Waals surface area contributed by atoms with Gasteiger partial charge in [-0.25, -0.2) is 4.98 Å². The normalized spacial score (nSPS) is 15.6. The number of aromatic nitrogens is 1. The smallest absolute Gasteiger partial charge is 0.255 e. The van der Waals surface area contributed by atoms with Gasteiger partial charge in [0.15, 0.2) is 0 Å². The minimum absolute atomic E-state index is 0.141. The number of aliphatic hydroxyl groups is 1. The molecule has 8 heteroatoms. The summed E-state index contributed by atoms with van der Waals surface area (Å²) in [6, 6.07) is 9.07. The van der Waals surface area contributed by atoms with E-state index in [9.17, 15) is 9.90 Å². The first-order valence-corrected chi connectivity index (χ1v) is 10.2. The first-order chi connectivity index (χ1) is 15.0. The zero-order valence-electron chi connectivity index (χ0n) is 17.6. The van der Waals surface area contributed by atoms with Crippen LogP contribution in [0, 0.1) is 6.92 Å². The summed E-state index contributed by atoms with van der Waals surface area (Å²) in [5.74, 6) is 1.33. The lowest BCUT2D eigenvalue weighted by Gasteiger charge is -2.36. The van der Waals surface area contributed by atoms with Crippen LogP contribution < -0.4 is 14.8 Å². The van der Waals surface area contributed by atoms with Crippen LogP contribution in [0.2, 0.25) is 0 Å². The second kappa shape index (κ2) is 8.95. The van der Waals surface area contributed by atoms with Crippen molar-refractivity contribution >= 4 is 16.9 Å². The van der Waals surface area contributed by atoms with Gasteiger partial charge in [0.2, 0.25) is 5.88 Å². The predicted octanol–water partition coefficient (Wildman–Crippen LogP) is 3.00. The van der Waals surface area contributed by atoms with E-state index < -0.39 is 5.54 Å². The number of fused-ring (bicyclic) bond motifs is 1. The van der Waals surface area contributed by atoms with Gasteiger partial charge in [0.1, 0.15) is 23.7 Å². The SMILES string of the molecule is COc1ncccc1COc1ccc2oc(C)c(C(=O)NC3(CO)CCOCC3)c2c1. The summed E-state index contributed by atoms with van der Waals surface area (Å²) in [7, 11) is 1.56. The van der Waals surface area contributed by atoms with E-state index in [1.165, 1.54) is 0 Å². The number of carbonyl (C=O) groups is 1. The van der Waals surface area contributed by atoms with Crippen molar-refractivity contribution in [3.63, 3.8) is 0 Å². The van der Waals surface area contributed by atoms with Gasteiger partial charge in [-0.15, -0.1) is 0 Å². The van der Waals surface area contributed by atoms with Crippen LogP contribution in [0.25, 0.3) is 11.0 Å². The maximum absolute atomic E-state index is 13.2. The van der Waals surface area contributed by atoms with E-state index in [0.29, 0.717) is 60.0 Å². The van der Waals surface area contributed by atoms with Crippen LogP contribution in [0.5, 0.6) is 11.6 Å². The van der Waals surface area contributed by atoms with E-state index >= 15 is 0 Å². The molecule has 3 heterocycles. The highest BCUT2D eigenvalue weighted by atomic mass is 16.5. The third-order valence-electron chi connectivity index (χ3n) is 5.63. The van der Waals surface area contributed by atoms with Gasteiger partial charge in [-0.1, -0.05) is 0 Å². The number of carbonyl (C=O) groups excluding carboxylic acids is 1. The lowest BCUT2D eigenvalue weighted by atomic mass is 9.90. The highest BCUT2D eigenvalue weighted by Crippen LogP contribution is 2.31. The molecule has 1 amide bonds. The molecule has 1 aromatic carbocycles. The number of benzene rings is 1. The molecule has 0 atom stereocenters. The number of hydrogen-bond donors (Lipinski definition) is 2. The summed E-state index contributed by atoms with van der Waals surface area (Å²) < 4.78 is 22.4. The quantitative estimate of drug-likeness (QED) is 0.599. The average molecular weight is 426 g/mol. The number of pyridine rings is 1. The molecule has 0 aliphatic carbocycles. The molecule has 3 aromatic rings. The zero-order valence-corrected chi connectivity index (χ0v) is 17.6. The number of aryl methyl sites for hydroxylation is 1. The molecule has 31 heavy (non-hydrogen) atoms. The van der Waals surface area contributed by atoms with Crippen LogP contribution in [-0.4, -0.2) is 48.5 Å². The fourth-order valence-corrected chi connectivity index (χ4v) is 3.84. The van der Waals surface area contributed by atoms with E-state index in [1.807, 2.05) is 12.1 Å². The molecule has 0 saturated carbocycles. The van der Waals surface area contributed by atoms with Gasteiger partial charge in [-0.2, -0.15) is 0 Å². The van der Waals surface area contributed by atoms with E-state index in [-0.39, 0.29) is 19.1 Å². The molecule has 0 bridgehead atoms. The molecule has 0 unspecified atom stereocenters. The van der Waals surface area contributed by atoms with Crippen molar-refractivity contribution in [3.8, 4) is 11.6 Å². The van der Waals surface area contributed by atoms with E-state index in [0.717, 1.165) is 5.56 Å². The van der Waals surface area contributed by atoms with Gasteiger partial charge in [-0.05, 0) is 50.1 Å². The molecule has 2 aromatic heterocycles. The molecule has 4 rings (SSSR count). The van der Waals surface area contributed by atoms with Crippen LogP contribution in [0.15, 0.2) is 40.9 Å². The Morgan fingerprint density at radius 3 is 2.84 bits per heavy atom. The largest absolute Gasteiger partial charge is 0.489 e. The Morgan fingerprint density at radius 1 is 1.29 bits per heavy atom. The van der Waals surface area contributed by atoms with Gasteiger partial charge < -0.3 is 29.1 Å². The highest BCUT2D eigenvalue weighted by Gasteiger charge is 2.35. The second-order valence-electron chi connectivity index (χ2n) is 7.66. The number of aliphatic hydroxyl groups excluding tert-OH is 1. The van der Waals surface area contributed by atoms with Crippen LogP contribution in [0.1, 0.15) is 34.5 Å². The van der Waals surface area contributed by atoms with Crippen LogP contribution in [-0.2, 0) is 11.3 Å². The van der Waals surface area contributed by atoms with Crippen molar-refractivity contribution in [1.29, 1.82) is 0 Å². The van der Waals surface area contributed by atoms with Crippen LogP contribution in [0.4, 0.5) is 0 Å². The number of nitrogens with one attached hydrogen (secondary N) is 1. The maximum atomic E-state index is 13.2. The van der Waals surface area contributed by atoms with Crippen molar-refractivity contribution in [1.82, 2.24) is 10.3 Å². The van der Waals surface area contributed by atoms with Crippen molar-refractivity contribution < 1.29 is 28.5 Å². The van der Waals surface area contributed by atoms with Gasteiger partial charge in [-0.3, -0.25) is 4.79 Å². The van der Waals surface area contributed by atoms with E-state index in [1.54, 1.807) is 38.4 Å². The molecular weight excluding hydrogens is 400 g/mol. The summed E-state index contributed by atoms with van der Waals surface area (Å²) in [6.07, 6.45) is 2.78. The molecule has 0 spiro atoms. The Hall–Kier alpha value is -3.10. The van der Waals surface area contributed by atoms with Gasteiger partial charge in [0.05, 0.1) is 30.4 Å². The minimum atomic E-state index is -0.684. The summed E-state index contributed by atoms with van der Waals surface area (Å²) in [4.78, 5) is 17.3. The van der Waals surface area contributed by atoms with Crippen molar-refractivity contribution in [2.45, 2.75) is 31.9 Å². The Kier molecular flexibility index (Phi) is 6.11. The Balaban J connectivity index is 1.58.